The normalized spacial score (nSPS) is 14.8. The molecule has 0 saturated carbocycles. The van der Waals surface area contributed by atoms with Crippen LogP contribution in [0.3, 0.4) is 0 Å². The van der Waals surface area contributed by atoms with Crippen LogP contribution >= 0.6 is 11.6 Å². The first-order chi connectivity index (χ1) is 35.3. The third kappa shape index (κ3) is 13.7. The fourth-order valence-electron chi connectivity index (χ4n) is 8.56. The molecule has 13 nitrogen and oxygen atoms in total. The first-order valence-electron chi connectivity index (χ1n) is 23.1. The second-order valence-corrected chi connectivity index (χ2v) is 17.1. The summed E-state index contributed by atoms with van der Waals surface area (Å²) in [4.78, 5) is 65.8. The molecule has 2 fully saturated rings. The zero-order valence-corrected chi connectivity index (χ0v) is 40.1. The van der Waals surface area contributed by atoms with E-state index in [-0.39, 0.29) is 23.6 Å². The number of aldehydes is 1. The van der Waals surface area contributed by atoms with Gasteiger partial charge in [0.2, 0.25) is 17.4 Å². The lowest BCUT2D eigenvalue weighted by molar-refractivity contribution is -0.156. The van der Waals surface area contributed by atoms with Crippen LogP contribution in [-0.2, 0) is 14.4 Å². The Morgan fingerprint density at radius 2 is 1.11 bits per heavy atom. The van der Waals surface area contributed by atoms with Gasteiger partial charge in [-0.05, 0) is 144 Å². The number of hydrogen-bond donors (Lipinski definition) is 3. The number of aromatic nitrogens is 4. The number of benzene rings is 4. The van der Waals surface area contributed by atoms with Crippen molar-refractivity contribution in [3.05, 3.63) is 206 Å². The number of rotatable bonds is 10. The zero-order chi connectivity index (χ0) is 51.9. The highest BCUT2D eigenvalue weighted by atomic mass is 35.5. The summed E-state index contributed by atoms with van der Waals surface area (Å²) in [5.41, 5.74) is 11.8. The minimum Gasteiger partial charge on any atom is -0.339 e. The SMILES string of the molecule is C=CC(=O)Cl.C=CC(=O)N1CCC(c2cc(-c3ccc(C(=O)Nc4ccccc4)cc3)n3cnccc23)C1.O=C(Nc1ccccc1)c1ccc(-c2cc(C3CCNC3)c3ccncn23)cc1.O=CC(F)(F)F. The Kier molecular flexibility index (Phi) is 17.6. The van der Waals surface area contributed by atoms with Crippen molar-refractivity contribution in [3.8, 4) is 22.5 Å². The van der Waals surface area contributed by atoms with Crippen LogP contribution in [0.15, 0.2) is 184 Å². The second-order valence-electron chi connectivity index (χ2n) is 16.8. The maximum Gasteiger partial charge on any atom is 0.446 e. The van der Waals surface area contributed by atoms with Gasteiger partial charge in [-0.2, -0.15) is 13.2 Å². The highest BCUT2D eigenvalue weighted by Crippen LogP contribution is 2.36. The molecule has 73 heavy (non-hydrogen) atoms. The molecular weight excluding hydrogens is 957 g/mol. The van der Waals surface area contributed by atoms with E-state index < -0.39 is 17.7 Å². The van der Waals surface area contributed by atoms with E-state index in [4.69, 9.17) is 16.4 Å². The highest BCUT2D eigenvalue weighted by Gasteiger charge is 2.29. The largest absolute Gasteiger partial charge is 0.446 e. The number of alkyl halides is 3. The number of anilines is 2. The summed E-state index contributed by atoms with van der Waals surface area (Å²) in [5, 5.41) is 8.79. The average Bonchev–Trinajstić information content (AvgIpc) is 4.26. The van der Waals surface area contributed by atoms with E-state index in [2.05, 4.69) is 66.1 Å². The van der Waals surface area contributed by atoms with Gasteiger partial charge in [0.15, 0.2) is 0 Å². The number of carbonyl (C=O) groups excluding carboxylic acids is 5. The monoisotopic (exact) mass is 1010 g/mol. The number of allylic oxidation sites excluding steroid dienone is 1. The van der Waals surface area contributed by atoms with Crippen molar-refractivity contribution >= 4 is 63.3 Å². The number of para-hydroxylation sites is 2. The number of halogens is 4. The predicted molar refractivity (Wildman–Crippen MR) is 278 cm³/mol. The van der Waals surface area contributed by atoms with Gasteiger partial charge in [-0.25, -0.2) is 9.97 Å². The van der Waals surface area contributed by atoms with Gasteiger partial charge < -0.3 is 29.7 Å². The molecule has 10 rings (SSSR count). The molecule has 0 spiro atoms. The minimum atomic E-state index is -4.64. The maximum absolute atomic E-state index is 12.6. The minimum absolute atomic E-state index is 0.0210. The van der Waals surface area contributed by atoms with E-state index in [1.807, 2.05) is 139 Å². The van der Waals surface area contributed by atoms with Crippen molar-refractivity contribution < 1.29 is 37.1 Å². The third-order valence-corrected chi connectivity index (χ3v) is 12.2. The van der Waals surface area contributed by atoms with Gasteiger partial charge >= 0.3 is 6.18 Å². The number of likely N-dealkylation sites (tertiary alicyclic amines) is 1. The fourth-order valence-corrected chi connectivity index (χ4v) is 8.56. The molecule has 6 heterocycles. The summed E-state index contributed by atoms with van der Waals surface area (Å²) in [7, 11) is 0. The Morgan fingerprint density at radius 3 is 1.51 bits per heavy atom. The average molecular weight is 1010 g/mol. The van der Waals surface area contributed by atoms with E-state index in [9.17, 15) is 32.3 Å². The van der Waals surface area contributed by atoms with Crippen molar-refractivity contribution in [1.29, 1.82) is 0 Å². The van der Waals surface area contributed by atoms with E-state index in [1.165, 1.54) is 22.7 Å². The molecule has 0 radical (unpaired) electrons. The van der Waals surface area contributed by atoms with Crippen LogP contribution in [0.1, 0.15) is 56.5 Å². The van der Waals surface area contributed by atoms with Crippen LogP contribution in [0.5, 0.6) is 0 Å². The number of fused-ring (bicyclic) bond motifs is 2. The Bertz CT molecular complexity index is 3210. The van der Waals surface area contributed by atoms with Gasteiger partial charge in [0.25, 0.3) is 11.8 Å². The Balaban J connectivity index is 0.000000179. The van der Waals surface area contributed by atoms with Crippen LogP contribution < -0.4 is 16.0 Å². The van der Waals surface area contributed by atoms with Gasteiger partial charge in [-0.3, -0.25) is 24.0 Å². The molecule has 8 aromatic rings. The van der Waals surface area contributed by atoms with Crippen molar-refractivity contribution in [2.75, 3.05) is 36.8 Å². The topological polar surface area (TPSA) is 159 Å². The van der Waals surface area contributed by atoms with Crippen LogP contribution in [0.2, 0.25) is 0 Å². The quantitative estimate of drug-likeness (QED) is 0.0694. The van der Waals surface area contributed by atoms with Crippen LogP contribution in [0.4, 0.5) is 24.5 Å². The highest BCUT2D eigenvalue weighted by molar-refractivity contribution is 6.66. The third-order valence-electron chi connectivity index (χ3n) is 12.1. The van der Waals surface area contributed by atoms with Gasteiger partial charge in [0.05, 0.1) is 35.1 Å². The molecule has 0 aliphatic carbocycles. The summed E-state index contributed by atoms with van der Waals surface area (Å²) in [6.07, 6.45) is 6.11. The van der Waals surface area contributed by atoms with Crippen molar-refractivity contribution in [1.82, 2.24) is 29.0 Å². The summed E-state index contributed by atoms with van der Waals surface area (Å²) < 4.78 is 35.5. The Labute approximate surface area is 424 Å². The van der Waals surface area contributed by atoms with Crippen LogP contribution in [0, 0.1) is 0 Å². The van der Waals surface area contributed by atoms with E-state index in [1.54, 1.807) is 6.20 Å². The predicted octanol–water partition coefficient (Wildman–Crippen LogP) is 10.8. The van der Waals surface area contributed by atoms with Crippen molar-refractivity contribution in [2.24, 2.45) is 0 Å². The molecule has 3 amide bonds. The van der Waals surface area contributed by atoms with Gasteiger partial charge in [0.1, 0.15) is 0 Å². The number of nitrogens with one attached hydrogen (secondary N) is 3. The maximum atomic E-state index is 12.6. The van der Waals surface area contributed by atoms with E-state index >= 15 is 0 Å². The first kappa shape index (κ1) is 52.4. The second kappa shape index (κ2) is 24.6. The molecule has 2 saturated heterocycles. The molecule has 4 aromatic heterocycles. The van der Waals surface area contributed by atoms with E-state index in [0.717, 1.165) is 78.0 Å². The number of hydrogen-bond acceptors (Lipinski definition) is 8. The number of nitrogens with zero attached hydrogens (tertiary/aromatic N) is 5. The lowest BCUT2D eigenvalue weighted by Crippen LogP contribution is -2.26. The lowest BCUT2D eigenvalue weighted by Gasteiger charge is -2.13. The first-order valence-corrected chi connectivity index (χ1v) is 23.4. The van der Waals surface area contributed by atoms with Gasteiger partial charge in [0, 0.05) is 60.4 Å². The molecule has 2 aliphatic heterocycles. The molecular formula is C56H50ClF3N8O5. The fraction of sp³-hybridized carbons (Fsp3) is 0.161. The molecule has 2 atom stereocenters. The smallest absolute Gasteiger partial charge is 0.339 e. The van der Waals surface area contributed by atoms with E-state index in [0.29, 0.717) is 23.6 Å². The molecule has 372 valence electrons. The van der Waals surface area contributed by atoms with Gasteiger partial charge in [-0.1, -0.05) is 73.8 Å². The summed E-state index contributed by atoms with van der Waals surface area (Å²) >= 11 is 4.71. The molecule has 4 aromatic carbocycles. The van der Waals surface area contributed by atoms with Crippen molar-refractivity contribution in [2.45, 2.75) is 30.9 Å². The Morgan fingerprint density at radius 1 is 0.658 bits per heavy atom. The molecule has 2 unspecified atom stereocenters. The Hall–Kier alpha value is -8.47. The summed E-state index contributed by atoms with van der Waals surface area (Å²) in [5.74, 6) is 0.510. The van der Waals surface area contributed by atoms with Crippen LogP contribution in [0.25, 0.3) is 33.5 Å². The number of carbonyl (C=O) groups is 5. The number of amides is 3. The van der Waals surface area contributed by atoms with Crippen LogP contribution in [-0.4, -0.2) is 85.3 Å². The molecule has 2 aliphatic rings. The molecule has 17 heteroatoms. The zero-order valence-electron chi connectivity index (χ0n) is 39.3. The standard InChI is InChI=1S/C27H24N4O2.C24H22N4O.C3H3ClO.C2HF3O/c1-2-26(32)30-15-13-21(17-30)23-16-25(31-18-28-14-12-24(23)31)19-8-10-20(11-9-19)27(33)29-22-6-4-3-5-7-22;29-24(27-20-4-2-1-3-5-20)18-8-6-17(7-9-18)23-14-21(19-10-12-25-15-19)22-11-13-26-16-28(22)23;1-2-3(4)5;3-2(4,5)1-6/h2-12,14,16,18,21H,1,13,15,17H2,(H,29,33);1-9,11,13-14,16,19,25H,10,12,15H2,(H,27,29);2H,1H2;1H. The van der Waals surface area contributed by atoms with Gasteiger partial charge in [-0.15, -0.1) is 0 Å². The lowest BCUT2D eigenvalue weighted by atomic mass is 9.98. The summed E-state index contributed by atoms with van der Waals surface area (Å²) in [6.45, 7) is 10.2. The molecule has 0 bridgehead atoms. The summed E-state index contributed by atoms with van der Waals surface area (Å²) in [6, 6.07) is 42.8. The molecule has 3 N–H and O–H groups in total. The van der Waals surface area contributed by atoms with Crippen molar-refractivity contribution in [3.63, 3.8) is 0 Å².